The molecule has 2 rings (SSSR count). The highest BCUT2D eigenvalue weighted by atomic mass is 32.2. The minimum Gasteiger partial charge on any atom is -0.381 e. The van der Waals surface area contributed by atoms with E-state index in [1.54, 1.807) is 0 Å². The van der Waals surface area contributed by atoms with Gasteiger partial charge in [-0.05, 0) is 39.2 Å². The maximum Gasteiger partial charge on any atom is 0.215 e. The summed E-state index contributed by atoms with van der Waals surface area (Å²) in [5.41, 5.74) is 2.38. The highest BCUT2D eigenvalue weighted by Gasteiger charge is 2.36. The maximum absolute atomic E-state index is 12.5. The summed E-state index contributed by atoms with van der Waals surface area (Å²) in [6, 6.07) is 8.20. The Morgan fingerprint density at radius 3 is 2.57 bits per heavy atom. The Morgan fingerprint density at radius 1 is 1.29 bits per heavy atom. The van der Waals surface area contributed by atoms with Crippen molar-refractivity contribution in [1.29, 1.82) is 0 Å². The molecule has 21 heavy (non-hydrogen) atoms. The van der Waals surface area contributed by atoms with Gasteiger partial charge in [0.2, 0.25) is 10.0 Å². The normalized spacial score (nSPS) is 23.4. The summed E-state index contributed by atoms with van der Waals surface area (Å²) < 4.78 is 33.2. The number of nitrogens with one attached hydrogen (secondary N) is 1. The van der Waals surface area contributed by atoms with Gasteiger partial charge in [0.25, 0.3) is 0 Å². The molecule has 0 aromatic heterocycles. The zero-order valence-electron chi connectivity index (χ0n) is 13.0. The summed E-state index contributed by atoms with van der Waals surface area (Å²) in [5.74, 6) is 0.0118. The van der Waals surface area contributed by atoms with Crippen molar-refractivity contribution < 1.29 is 13.2 Å². The van der Waals surface area contributed by atoms with Crippen LogP contribution in [0.5, 0.6) is 0 Å². The average molecular weight is 311 g/mol. The number of hydrogen-bond donors (Lipinski definition) is 1. The monoisotopic (exact) mass is 311 g/mol. The van der Waals surface area contributed by atoms with Crippen molar-refractivity contribution in [2.75, 3.05) is 13.2 Å². The predicted octanol–water partition coefficient (Wildman–Crippen LogP) is 2.27. The Kier molecular flexibility index (Phi) is 5.41. The van der Waals surface area contributed by atoms with E-state index in [2.05, 4.69) is 29.0 Å². The van der Waals surface area contributed by atoms with E-state index in [-0.39, 0.29) is 17.2 Å². The van der Waals surface area contributed by atoms with Gasteiger partial charge in [-0.15, -0.1) is 0 Å². The number of sulfonamides is 1. The van der Waals surface area contributed by atoms with Gasteiger partial charge in [-0.3, -0.25) is 0 Å². The zero-order chi connectivity index (χ0) is 15.5. The molecule has 0 aliphatic carbocycles. The quantitative estimate of drug-likeness (QED) is 0.907. The Hall–Kier alpha value is -0.910. The number of ether oxygens (including phenoxy) is 1. The fourth-order valence-electron chi connectivity index (χ4n) is 2.82. The maximum atomic E-state index is 12.5. The molecule has 5 heteroatoms. The van der Waals surface area contributed by atoms with Gasteiger partial charge in [0.05, 0.1) is 11.9 Å². The van der Waals surface area contributed by atoms with Crippen molar-refractivity contribution in [3.8, 4) is 0 Å². The van der Waals surface area contributed by atoms with E-state index < -0.39 is 10.0 Å². The molecule has 0 radical (unpaired) electrons. The lowest BCUT2D eigenvalue weighted by molar-refractivity contribution is 0.0569. The highest BCUT2D eigenvalue weighted by Crippen LogP contribution is 2.25. The molecule has 1 aliphatic heterocycles. The van der Waals surface area contributed by atoms with Gasteiger partial charge in [0.1, 0.15) is 0 Å². The van der Waals surface area contributed by atoms with Crippen molar-refractivity contribution in [3.05, 3.63) is 35.4 Å². The lowest BCUT2D eigenvalue weighted by Crippen LogP contribution is -2.46. The first-order chi connectivity index (χ1) is 9.88. The molecule has 1 fully saturated rings. The van der Waals surface area contributed by atoms with Gasteiger partial charge in [-0.25, -0.2) is 13.1 Å². The summed E-state index contributed by atoms with van der Waals surface area (Å²) in [7, 11) is -3.29. The van der Waals surface area contributed by atoms with E-state index >= 15 is 0 Å². The molecule has 0 bridgehead atoms. The largest absolute Gasteiger partial charge is 0.381 e. The molecule has 1 heterocycles. The molecular weight excluding hydrogens is 286 g/mol. The Bertz CT molecular complexity index is 551. The van der Waals surface area contributed by atoms with Crippen LogP contribution in [0.3, 0.4) is 0 Å². The lowest BCUT2D eigenvalue weighted by atomic mass is 9.93. The second-order valence-corrected chi connectivity index (χ2v) is 8.10. The summed E-state index contributed by atoms with van der Waals surface area (Å²) in [6.45, 7) is 6.79. The topological polar surface area (TPSA) is 55.4 Å². The third-order valence-corrected chi connectivity index (χ3v) is 6.04. The first-order valence-electron chi connectivity index (χ1n) is 7.53. The van der Waals surface area contributed by atoms with E-state index in [1.165, 1.54) is 11.1 Å². The van der Waals surface area contributed by atoms with E-state index in [0.29, 0.717) is 19.6 Å². The second kappa shape index (κ2) is 6.90. The van der Waals surface area contributed by atoms with E-state index in [1.807, 2.05) is 20.8 Å². The van der Waals surface area contributed by atoms with Crippen LogP contribution < -0.4 is 4.72 Å². The zero-order valence-corrected chi connectivity index (χ0v) is 13.8. The van der Waals surface area contributed by atoms with E-state index in [9.17, 15) is 8.42 Å². The standard InChI is InChI=1S/C16H25NO3S/c1-12(2)17-21(18,19)16-8-9-20-11-15(16)10-14-6-4-13(3)5-7-14/h4-7,12,15-17H,8-11H2,1-3H3/t15-,16-/m0/s1. The number of benzene rings is 1. The van der Waals surface area contributed by atoms with Crippen LogP contribution in [0.2, 0.25) is 0 Å². The van der Waals surface area contributed by atoms with Crippen LogP contribution in [0.15, 0.2) is 24.3 Å². The van der Waals surface area contributed by atoms with Crippen LogP contribution in [0.4, 0.5) is 0 Å². The minimum atomic E-state index is -3.29. The Labute approximate surface area is 127 Å². The van der Waals surface area contributed by atoms with Crippen LogP contribution >= 0.6 is 0 Å². The number of aryl methyl sites for hydroxylation is 1. The molecule has 1 aromatic rings. The molecule has 0 amide bonds. The van der Waals surface area contributed by atoms with Crippen LogP contribution in [0.1, 0.15) is 31.4 Å². The number of hydrogen-bond acceptors (Lipinski definition) is 3. The molecule has 0 unspecified atom stereocenters. The molecule has 2 atom stereocenters. The van der Waals surface area contributed by atoms with Crippen molar-refractivity contribution >= 4 is 10.0 Å². The third-order valence-electron chi connectivity index (χ3n) is 3.82. The third kappa shape index (κ3) is 4.53. The van der Waals surface area contributed by atoms with Gasteiger partial charge in [-0.1, -0.05) is 29.8 Å². The van der Waals surface area contributed by atoms with Crippen molar-refractivity contribution in [1.82, 2.24) is 4.72 Å². The summed E-state index contributed by atoms with van der Waals surface area (Å²) in [6.07, 6.45) is 1.31. The lowest BCUT2D eigenvalue weighted by Gasteiger charge is -2.32. The second-order valence-electron chi connectivity index (χ2n) is 6.17. The summed E-state index contributed by atoms with van der Waals surface area (Å²) in [4.78, 5) is 0. The molecule has 1 saturated heterocycles. The van der Waals surface area contributed by atoms with Gasteiger partial charge in [0, 0.05) is 18.6 Å². The fourth-order valence-corrected chi connectivity index (χ4v) is 4.74. The first-order valence-corrected chi connectivity index (χ1v) is 9.07. The van der Waals surface area contributed by atoms with Crippen LogP contribution in [0, 0.1) is 12.8 Å². The van der Waals surface area contributed by atoms with E-state index in [4.69, 9.17) is 4.74 Å². The van der Waals surface area contributed by atoms with Crippen molar-refractivity contribution in [3.63, 3.8) is 0 Å². The summed E-state index contributed by atoms with van der Waals surface area (Å²) in [5, 5.41) is -0.366. The molecule has 1 N–H and O–H groups in total. The minimum absolute atomic E-state index is 0.0118. The van der Waals surface area contributed by atoms with Crippen molar-refractivity contribution in [2.24, 2.45) is 5.92 Å². The SMILES string of the molecule is Cc1ccc(C[C@H]2COCC[C@@H]2S(=O)(=O)NC(C)C)cc1. The molecule has 0 saturated carbocycles. The van der Waals surface area contributed by atoms with Crippen LogP contribution in [-0.2, 0) is 21.2 Å². The van der Waals surface area contributed by atoms with E-state index in [0.717, 1.165) is 6.42 Å². The van der Waals surface area contributed by atoms with Gasteiger partial charge >= 0.3 is 0 Å². The highest BCUT2D eigenvalue weighted by molar-refractivity contribution is 7.90. The Morgan fingerprint density at radius 2 is 1.95 bits per heavy atom. The van der Waals surface area contributed by atoms with Gasteiger partial charge in [-0.2, -0.15) is 0 Å². The van der Waals surface area contributed by atoms with Crippen LogP contribution in [0.25, 0.3) is 0 Å². The molecule has 118 valence electrons. The smallest absolute Gasteiger partial charge is 0.215 e. The van der Waals surface area contributed by atoms with Gasteiger partial charge < -0.3 is 4.74 Å². The fraction of sp³-hybridized carbons (Fsp3) is 0.625. The Balaban J connectivity index is 2.13. The molecule has 0 spiro atoms. The predicted molar refractivity (Wildman–Crippen MR) is 84.8 cm³/mol. The van der Waals surface area contributed by atoms with Crippen molar-refractivity contribution in [2.45, 2.75) is 44.9 Å². The molecule has 4 nitrogen and oxygen atoms in total. The summed E-state index contributed by atoms with van der Waals surface area (Å²) >= 11 is 0. The molecule has 1 aromatic carbocycles. The molecular formula is C16H25NO3S. The average Bonchev–Trinajstić information content (AvgIpc) is 2.40. The van der Waals surface area contributed by atoms with Crippen LogP contribution in [-0.4, -0.2) is 32.9 Å². The van der Waals surface area contributed by atoms with Gasteiger partial charge in [0.15, 0.2) is 0 Å². The number of rotatable bonds is 5. The first kappa shape index (κ1) is 16.5. The molecule has 1 aliphatic rings.